The molecule has 0 bridgehead atoms. The fraction of sp³-hybridized carbons (Fsp3) is 0.778. The normalized spacial score (nSPS) is 10.8. The summed E-state index contributed by atoms with van der Waals surface area (Å²) in [5.74, 6) is -0.372. The molecule has 0 saturated carbocycles. The van der Waals surface area contributed by atoms with Crippen LogP contribution >= 0.6 is 0 Å². The standard InChI is InChI=1S/C18H32O4/c1-17(19)21-15-13-11-9-7-5-3-4-6-8-10-12-14-16-22-18(2)20/h3-4H,5-16H2,1-2H3/b4-3+. The Labute approximate surface area is 135 Å². The van der Waals surface area contributed by atoms with E-state index in [2.05, 4.69) is 12.2 Å². The Morgan fingerprint density at radius 3 is 1.36 bits per heavy atom. The van der Waals surface area contributed by atoms with Crippen LogP contribution in [0.3, 0.4) is 0 Å². The van der Waals surface area contributed by atoms with E-state index in [4.69, 9.17) is 9.47 Å². The summed E-state index contributed by atoms with van der Waals surface area (Å²) < 4.78 is 9.77. The molecule has 0 saturated heterocycles. The number of unbranched alkanes of at least 4 members (excludes halogenated alkanes) is 8. The second-order valence-electron chi connectivity index (χ2n) is 5.56. The summed E-state index contributed by atoms with van der Waals surface area (Å²) in [4.78, 5) is 21.1. The minimum Gasteiger partial charge on any atom is -0.466 e. The molecule has 4 heteroatoms. The van der Waals surface area contributed by atoms with Crippen molar-refractivity contribution in [1.82, 2.24) is 0 Å². The molecule has 128 valence electrons. The topological polar surface area (TPSA) is 52.6 Å². The molecule has 0 radical (unpaired) electrons. The number of hydrogen-bond donors (Lipinski definition) is 0. The first-order valence-electron chi connectivity index (χ1n) is 8.54. The third kappa shape index (κ3) is 18.7. The van der Waals surface area contributed by atoms with Crippen molar-refractivity contribution < 1.29 is 19.1 Å². The lowest BCUT2D eigenvalue weighted by molar-refractivity contribution is -0.142. The first-order valence-corrected chi connectivity index (χ1v) is 8.54. The van der Waals surface area contributed by atoms with Gasteiger partial charge in [0.15, 0.2) is 0 Å². The van der Waals surface area contributed by atoms with E-state index < -0.39 is 0 Å². The molecule has 0 aliphatic carbocycles. The molecule has 0 N–H and O–H groups in total. The van der Waals surface area contributed by atoms with Crippen LogP contribution in [0.4, 0.5) is 0 Å². The van der Waals surface area contributed by atoms with Gasteiger partial charge in [0.2, 0.25) is 0 Å². The first-order chi connectivity index (χ1) is 10.6. The van der Waals surface area contributed by atoms with Crippen molar-refractivity contribution in [3.63, 3.8) is 0 Å². The molecule has 0 amide bonds. The van der Waals surface area contributed by atoms with E-state index in [1.807, 2.05) is 0 Å². The quantitative estimate of drug-likeness (QED) is 0.268. The molecule has 0 aliphatic rings. The minimum absolute atomic E-state index is 0.186. The molecular formula is C18H32O4. The first kappa shape index (κ1) is 20.7. The third-order valence-electron chi connectivity index (χ3n) is 3.31. The maximum Gasteiger partial charge on any atom is 0.302 e. The van der Waals surface area contributed by atoms with Crippen molar-refractivity contribution in [3.05, 3.63) is 12.2 Å². The molecule has 4 nitrogen and oxygen atoms in total. The van der Waals surface area contributed by atoms with Crippen molar-refractivity contribution >= 4 is 11.9 Å². The number of carbonyl (C=O) groups is 2. The van der Waals surface area contributed by atoms with Gasteiger partial charge in [-0.2, -0.15) is 0 Å². The predicted octanol–water partition coefficient (Wildman–Crippen LogP) is 4.57. The number of ether oxygens (including phenoxy) is 2. The zero-order valence-corrected chi connectivity index (χ0v) is 14.3. The number of esters is 2. The molecule has 0 fully saturated rings. The fourth-order valence-electron chi connectivity index (χ4n) is 2.10. The number of rotatable bonds is 14. The highest BCUT2D eigenvalue weighted by Crippen LogP contribution is 2.07. The Balaban J connectivity index is 3.12. The smallest absolute Gasteiger partial charge is 0.302 e. The Kier molecular flexibility index (Phi) is 15.1. The van der Waals surface area contributed by atoms with Crippen molar-refractivity contribution in [2.75, 3.05) is 13.2 Å². The summed E-state index contributed by atoms with van der Waals surface area (Å²) in [7, 11) is 0. The van der Waals surface area contributed by atoms with Gasteiger partial charge in [0.25, 0.3) is 0 Å². The molecule has 22 heavy (non-hydrogen) atoms. The predicted molar refractivity (Wildman–Crippen MR) is 88.6 cm³/mol. The van der Waals surface area contributed by atoms with Crippen LogP contribution in [0.5, 0.6) is 0 Å². The summed E-state index contributed by atoms with van der Waals surface area (Å²) in [6.45, 7) is 4.01. The summed E-state index contributed by atoms with van der Waals surface area (Å²) in [6, 6.07) is 0. The monoisotopic (exact) mass is 312 g/mol. The van der Waals surface area contributed by atoms with Gasteiger partial charge in [0.05, 0.1) is 13.2 Å². The largest absolute Gasteiger partial charge is 0.466 e. The third-order valence-corrected chi connectivity index (χ3v) is 3.31. The zero-order chi connectivity index (χ0) is 16.5. The molecule has 0 spiro atoms. The summed E-state index contributed by atoms with van der Waals surface area (Å²) >= 11 is 0. The Morgan fingerprint density at radius 1 is 0.636 bits per heavy atom. The average Bonchev–Trinajstić information content (AvgIpc) is 2.46. The number of carbonyl (C=O) groups excluding carboxylic acids is 2. The number of hydrogen-bond acceptors (Lipinski definition) is 4. The van der Waals surface area contributed by atoms with Gasteiger partial charge in [-0.1, -0.05) is 37.8 Å². The summed E-state index contributed by atoms with van der Waals surface area (Å²) in [6.07, 6.45) is 15.8. The highest BCUT2D eigenvalue weighted by Gasteiger charge is 1.94. The average molecular weight is 312 g/mol. The van der Waals surface area contributed by atoms with E-state index >= 15 is 0 Å². The maximum absolute atomic E-state index is 10.6. The molecule has 0 aliphatic heterocycles. The van der Waals surface area contributed by atoms with E-state index in [0.29, 0.717) is 13.2 Å². The molecule has 0 atom stereocenters. The van der Waals surface area contributed by atoms with Gasteiger partial charge in [0.1, 0.15) is 0 Å². The van der Waals surface area contributed by atoms with E-state index in [1.54, 1.807) is 0 Å². The van der Waals surface area contributed by atoms with Gasteiger partial charge < -0.3 is 9.47 Å². The van der Waals surface area contributed by atoms with Crippen molar-refractivity contribution in [3.8, 4) is 0 Å². The van der Waals surface area contributed by atoms with Crippen LogP contribution in [0.25, 0.3) is 0 Å². The minimum atomic E-state index is -0.186. The van der Waals surface area contributed by atoms with E-state index in [0.717, 1.165) is 38.5 Å². The van der Waals surface area contributed by atoms with Gasteiger partial charge in [-0.3, -0.25) is 9.59 Å². The van der Waals surface area contributed by atoms with Crippen LogP contribution in [-0.4, -0.2) is 25.2 Å². The molecule has 0 rings (SSSR count). The molecule has 0 aromatic heterocycles. The van der Waals surface area contributed by atoms with E-state index in [-0.39, 0.29) is 11.9 Å². The number of allylic oxidation sites excluding steroid dienone is 2. The van der Waals surface area contributed by atoms with Crippen molar-refractivity contribution in [1.29, 1.82) is 0 Å². The van der Waals surface area contributed by atoms with Crippen LogP contribution in [0.15, 0.2) is 12.2 Å². The fourth-order valence-corrected chi connectivity index (χ4v) is 2.10. The lowest BCUT2D eigenvalue weighted by Crippen LogP contribution is -2.00. The van der Waals surface area contributed by atoms with Crippen LogP contribution in [0.1, 0.15) is 78.1 Å². The van der Waals surface area contributed by atoms with Gasteiger partial charge in [0, 0.05) is 13.8 Å². The Bertz CT molecular complexity index is 280. The second-order valence-corrected chi connectivity index (χ2v) is 5.56. The molecule has 0 aromatic carbocycles. The summed E-state index contributed by atoms with van der Waals surface area (Å²) in [5, 5.41) is 0. The molecular weight excluding hydrogens is 280 g/mol. The molecule has 0 heterocycles. The van der Waals surface area contributed by atoms with Crippen LogP contribution < -0.4 is 0 Å². The van der Waals surface area contributed by atoms with Crippen LogP contribution in [0, 0.1) is 0 Å². The summed E-state index contributed by atoms with van der Waals surface area (Å²) in [5.41, 5.74) is 0. The molecule has 0 aromatic rings. The van der Waals surface area contributed by atoms with E-state index in [1.165, 1.54) is 39.5 Å². The molecule has 0 unspecified atom stereocenters. The van der Waals surface area contributed by atoms with Crippen LogP contribution in [0.2, 0.25) is 0 Å². The van der Waals surface area contributed by atoms with Gasteiger partial charge in [-0.25, -0.2) is 0 Å². The Hall–Kier alpha value is -1.32. The highest BCUT2D eigenvalue weighted by molar-refractivity contribution is 5.66. The second kappa shape index (κ2) is 16.1. The van der Waals surface area contributed by atoms with Gasteiger partial charge >= 0.3 is 11.9 Å². The van der Waals surface area contributed by atoms with Gasteiger partial charge in [-0.05, 0) is 38.5 Å². The van der Waals surface area contributed by atoms with Crippen molar-refractivity contribution in [2.45, 2.75) is 78.1 Å². The lowest BCUT2D eigenvalue weighted by Gasteiger charge is -2.01. The van der Waals surface area contributed by atoms with Crippen LogP contribution in [-0.2, 0) is 19.1 Å². The van der Waals surface area contributed by atoms with Gasteiger partial charge in [-0.15, -0.1) is 0 Å². The SMILES string of the molecule is CC(=O)OCCCCCC/C=C/CCCCCCOC(C)=O. The highest BCUT2D eigenvalue weighted by atomic mass is 16.5. The van der Waals surface area contributed by atoms with Crippen molar-refractivity contribution in [2.24, 2.45) is 0 Å². The zero-order valence-electron chi connectivity index (χ0n) is 14.3. The Morgan fingerprint density at radius 2 is 1.00 bits per heavy atom. The maximum atomic E-state index is 10.6. The lowest BCUT2D eigenvalue weighted by atomic mass is 10.1. The van der Waals surface area contributed by atoms with E-state index in [9.17, 15) is 9.59 Å².